The number of thioether (sulfide) groups is 1. The van der Waals surface area contributed by atoms with Crippen LogP contribution < -0.4 is 19.1 Å². The van der Waals surface area contributed by atoms with Gasteiger partial charge in [0.15, 0.2) is 15.8 Å². The average molecular weight is 686 g/mol. The van der Waals surface area contributed by atoms with Crippen molar-refractivity contribution in [2.75, 3.05) is 18.1 Å². The van der Waals surface area contributed by atoms with Crippen molar-refractivity contribution >= 4 is 45.7 Å². The van der Waals surface area contributed by atoms with Gasteiger partial charge in [0.05, 0.1) is 24.8 Å². The maximum atomic E-state index is 13.9. The van der Waals surface area contributed by atoms with Crippen molar-refractivity contribution < 1.29 is 28.9 Å². The molecular weight excluding hydrogens is 647 g/mol. The Labute approximate surface area is 288 Å². The van der Waals surface area contributed by atoms with Crippen molar-refractivity contribution in [1.29, 1.82) is 0 Å². The van der Waals surface area contributed by atoms with Crippen LogP contribution in [0.2, 0.25) is 0 Å². The molecule has 1 amide bonds. The third kappa shape index (κ3) is 7.07. The van der Waals surface area contributed by atoms with Crippen molar-refractivity contribution in [3.8, 4) is 17.2 Å². The summed E-state index contributed by atoms with van der Waals surface area (Å²) in [6.07, 6.45) is 3.73. The summed E-state index contributed by atoms with van der Waals surface area (Å²) in [7, 11) is 0. The predicted octanol–water partition coefficient (Wildman–Crippen LogP) is 8.06. The summed E-state index contributed by atoms with van der Waals surface area (Å²) in [5.74, 6) is 0.638. The van der Waals surface area contributed by atoms with Crippen LogP contribution in [-0.2, 0) is 21.8 Å². The summed E-state index contributed by atoms with van der Waals surface area (Å²) in [5.41, 5.74) is 4.22. The highest BCUT2D eigenvalue weighted by Gasteiger charge is 2.48. The van der Waals surface area contributed by atoms with Crippen LogP contribution in [-0.4, -0.2) is 46.3 Å². The van der Waals surface area contributed by atoms with Gasteiger partial charge in [-0.2, -0.15) is 0 Å². The first-order chi connectivity index (χ1) is 23.3. The number of unbranched alkanes of at least 4 members (excludes halogenated alkanes) is 2. The largest absolute Gasteiger partial charge is 0.507 e. The Hall–Kier alpha value is -4.35. The first-order valence-corrected chi connectivity index (χ1v) is 18.1. The van der Waals surface area contributed by atoms with Crippen LogP contribution in [0, 0.1) is 6.92 Å². The third-order valence-corrected chi connectivity index (χ3v) is 10.4. The fraction of sp³-hybridized carbons (Fsp3) is 0.351. The fourth-order valence-electron chi connectivity index (χ4n) is 5.87. The Bertz CT molecular complexity index is 1840. The van der Waals surface area contributed by atoms with Gasteiger partial charge in [-0.3, -0.25) is 14.5 Å². The van der Waals surface area contributed by atoms with E-state index in [1.165, 1.54) is 33.6 Å². The number of carbonyl (C=O) groups excluding carboxylic acids is 2. The van der Waals surface area contributed by atoms with Crippen LogP contribution in [0.4, 0.5) is 5.13 Å². The number of aliphatic hydroxyl groups excluding tert-OH is 1. The van der Waals surface area contributed by atoms with Gasteiger partial charge in [0.25, 0.3) is 5.78 Å². The molecule has 1 fully saturated rings. The molecule has 48 heavy (non-hydrogen) atoms. The Balaban J connectivity index is 1.39. The minimum Gasteiger partial charge on any atom is -0.507 e. The first-order valence-electron chi connectivity index (χ1n) is 16.3. The first kappa shape index (κ1) is 33.5. The molecule has 9 nitrogen and oxygen atoms in total. The van der Waals surface area contributed by atoms with E-state index in [0.717, 1.165) is 36.1 Å². The zero-order chi connectivity index (χ0) is 33.8. The van der Waals surface area contributed by atoms with Crippen molar-refractivity contribution in [2.24, 2.45) is 0 Å². The molecule has 3 heterocycles. The van der Waals surface area contributed by atoms with E-state index in [0.29, 0.717) is 52.4 Å². The van der Waals surface area contributed by atoms with Crippen LogP contribution in [0.25, 0.3) is 5.76 Å². The number of aliphatic hydroxyl groups is 1. The number of aryl methyl sites for hydroxylation is 1. The molecule has 0 aliphatic carbocycles. The van der Waals surface area contributed by atoms with Crippen LogP contribution in [0.5, 0.6) is 17.2 Å². The minimum atomic E-state index is -0.982. The Morgan fingerprint density at radius 2 is 1.83 bits per heavy atom. The fourth-order valence-corrected chi connectivity index (χ4v) is 7.70. The molecule has 3 aromatic carbocycles. The molecule has 250 valence electrons. The van der Waals surface area contributed by atoms with E-state index in [1.54, 1.807) is 30.3 Å². The SMILES string of the molecule is CCCCCOc1ccc(C2C(=C(O)c3ccc4c(c3)CC(C)O4)C(=O)C(=O)N2c2nnc(SCc3ccc(C)cc3)s2)cc1OCC. The number of aromatic nitrogens is 2. The minimum absolute atomic E-state index is 0.0122. The molecule has 11 heteroatoms. The smallest absolute Gasteiger partial charge is 0.301 e. The number of anilines is 1. The number of hydrogen-bond donors (Lipinski definition) is 1. The molecule has 1 aromatic heterocycles. The van der Waals surface area contributed by atoms with Gasteiger partial charge < -0.3 is 19.3 Å². The van der Waals surface area contributed by atoms with Crippen molar-refractivity contribution in [3.05, 3.63) is 94.1 Å². The van der Waals surface area contributed by atoms with Gasteiger partial charge in [0.1, 0.15) is 17.6 Å². The van der Waals surface area contributed by atoms with E-state index in [9.17, 15) is 14.7 Å². The van der Waals surface area contributed by atoms with Crippen LogP contribution >= 0.6 is 23.1 Å². The van der Waals surface area contributed by atoms with E-state index < -0.39 is 17.7 Å². The second-order valence-corrected chi connectivity index (χ2v) is 14.1. The van der Waals surface area contributed by atoms with Gasteiger partial charge in [-0.15, -0.1) is 10.2 Å². The van der Waals surface area contributed by atoms with Crippen LogP contribution in [0.3, 0.4) is 0 Å². The number of carbonyl (C=O) groups is 2. The molecular formula is C37H39N3O6S2. The molecule has 2 aliphatic rings. The lowest BCUT2D eigenvalue weighted by Crippen LogP contribution is -2.29. The van der Waals surface area contributed by atoms with Crippen LogP contribution in [0.1, 0.15) is 73.9 Å². The molecule has 6 rings (SSSR count). The predicted molar refractivity (Wildman–Crippen MR) is 188 cm³/mol. The Kier molecular flexibility index (Phi) is 10.4. The van der Waals surface area contributed by atoms with E-state index >= 15 is 0 Å². The van der Waals surface area contributed by atoms with Crippen molar-refractivity contribution in [2.45, 2.75) is 75.6 Å². The summed E-state index contributed by atoms with van der Waals surface area (Å²) in [5, 5.41) is 20.8. The highest BCUT2D eigenvalue weighted by Crippen LogP contribution is 2.46. The Morgan fingerprint density at radius 1 is 1.02 bits per heavy atom. The summed E-state index contributed by atoms with van der Waals surface area (Å²) in [4.78, 5) is 29.1. The lowest BCUT2D eigenvalue weighted by molar-refractivity contribution is -0.132. The number of ketones is 1. The zero-order valence-corrected chi connectivity index (χ0v) is 29.2. The van der Waals surface area contributed by atoms with E-state index in [-0.39, 0.29) is 22.6 Å². The molecule has 0 spiro atoms. The van der Waals surface area contributed by atoms with Gasteiger partial charge in [-0.05, 0) is 74.2 Å². The quantitative estimate of drug-likeness (QED) is 0.0373. The number of Topliss-reactive ketones (excluding diaryl/α,β-unsaturated/α-hetero) is 1. The monoisotopic (exact) mass is 685 g/mol. The van der Waals surface area contributed by atoms with E-state index in [1.807, 2.05) is 26.8 Å². The van der Waals surface area contributed by atoms with Gasteiger partial charge in [-0.25, -0.2) is 0 Å². The molecule has 1 N–H and O–H groups in total. The summed E-state index contributed by atoms with van der Waals surface area (Å²) in [6, 6.07) is 18.0. The molecule has 2 atom stereocenters. The topological polar surface area (TPSA) is 111 Å². The highest BCUT2D eigenvalue weighted by molar-refractivity contribution is 8.00. The normalized spacial score (nSPS) is 18.2. The molecule has 1 saturated heterocycles. The van der Waals surface area contributed by atoms with E-state index in [2.05, 4.69) is 41.4 Å². The number of amides is 1. The van der Waals surface area contributed by atoms with Gasteiger partial charge in [0, 0.05) is 17.7 Å². The second-order valence-electron chi connectivity index (χ2n) is 11.9. The standard InChI is InChI=1S/C37H39N3O6S2/c1-5-7-8-17-45-29-16-13-25(20-30(29)44-6-2)32-31(33(41)26-14-15-28-27(19-26)18-23(4)46-28)34(42)35(43)40(32)36-38-39-37(48-36)47-21-24-11-9-22(3)10-12-24/h9-16,19-20,23,32,41H,5-8,17-18,21H2,1-4H3. The molecule has 0 bridgehead atoms. The van der Waals surface area contributed by atoms with Gasteiger partial charge >= 0.3 is 5.91 Å². The van der Waals surface area contributed by atoms with Crippen molar-refractivity contribution in [3.63, 3.8) is 0 Å². The summed E-state index contributed by atoms with van der Waals surface area (Å²) < 4.78 is 18.5. The second kappa shape index (κ2) is 14.8. The van der Waals surface area contributed by atoms with Crippen LogP contribution in [0.15, 0.2) is 70.6 Å². The number of hydrogen-bond acceptors (Lipinski definition) is 10. The molecule has 0 saturated carbocycles. The maximum absolute atomic E-state index is 13.9. The lowest BCUT2D eigenvalue weighted by atomic mass is 9.94. The Morgan fingerprint density at radius 3 is 2.60 bits per heavy atom. The maximum Gasteiger partial charge on any atom is 0.301 e. The number of rotatable bonds is 13. The van der Waals surface area contributed by atoms with Crippen molar-refractivity contribution in [1.82, 2.24) is 10.2 Å². The molecule has 2 unspecified atom stereocenters. The average Bonchev–Trinajstić information content (AvgIpc) is 3.77. The number of fused-ring (bicyclic) bond motifs is 1. The lowest BCUT2D eigenvalue weighted by Gasteiger charge is -2.23. The molecule has 2 aliphatic heterocycles. The number of nitrogens with zero attached hydrogens (tertiary/aromatic N) is 3. The molecule has 4 aromatic rings. The van der Waals surface area contributed by atoms with Gasteiger partial charge in [0.2, 0.25) is 5.13 Å². The zero-order valence-electron chi connectivity index (χ0n) is 27.5. The summed E-state index contributed by atoms with van der Waals surface area (Å²) in [6.45, 7) is 8.98. The third-order valence-electron chi connectivity index (χ3n) is 8.29. The number of ether oxygens (including phenoxy) is 3. The van der Waals surface area contributed by atoms with E-state index in [4.69, 9.17) is 14.2 Å². The molecule has 0 radical (unpaired) electrons. The summed E-state index contributed by atoms with van der Waals surface area (Å²) >= 11 is 2.74. The van der Waals surface area contributed by atoms with Gasteiger partial charge in [-0.1, -0.05) is 78.8 Å². The highest BCUT2D eigenvalue weighted by atomic mass is 32.2. The number of benzene rings is 3.